The minimum Gasteiger partial charge on any atom is -0.378 e. The smallest absolute Gasteiger partial charge is 0.135 e. The van der Waals surface area contributed by atoms with Crippen LogP contribution in [0, 0.1) is 0 Å². The first kappa shape index (κ1) is 12.2. The van der Waals surface area contributed by atoms with Crippen LogP contribution in [0.2, 0.25) is 0 Å². The first-order valence-electron chi connectivity index (χ1n) is 5.96. The Morgan fingerprint density at radius 3 is 3.06 bits per heavy atom. The fourth-order valence-corrected chi connectivity index (χ4v) is 3.42. The van der Waals surface area contributed by atoms with Gasteiger partial charge in [0.2, 0.25) is 0 Å². The molecule has 6 heteroatoms. The van der Waals surface area contributed by atoms with Gasteiger partial charge in [-0.1, -0.05) is 0 Å². The molecule has 1 N–H and O–H groups in total. The summed E-state index contributed by atoms with van der Waals surface area (Å²) in [6.45, 7) is 1.48. The molecule has 0 saturated heterocycles. The van der Waals surface area contributed by atoms with Crippen molar-refractivity contribution in [3.63, 3.8) is 0 Å². The van der Waals surface area contributed by atoms with Gasteiger partial charge < -0.3 is 10.1 Å². The minimum absolute atomic E-state index is 0.580. The highest BCUT2D eigenvalue weighted by Gasteiger charge is 2.21. The first-order valence-corrected chi connectivity index (χ1v) is 7.66. The summed E-state index contributed by atoms with van der Waals surface area (Å²) in [6.07, 6.45) is 4.48. The number of aromatic nitrogens is 2. The van der Waals surface area contributed by atoms with Crippen molar-refractivity contribution >= 4 is 22.7 Å². The van der Waals surface area contributed by atoms with Gasteiger partial charge in [0, 0.05) is 30.8 Å². The van der Waals surface area contributed by atoms with Crippen LogP contribution in [0.15, 0.2) is 11.7 Å². The second-order valence-corrected chi connectivity index (χ2v) is 6.31. The molecular formula is C12H15N3OS2. The third kappa shape index (κ3) is 2.77. The van der Waals surface area contributed by atoms with E-state index in [0.717, 1.165) is 22.1 Å². The predicted octanol–water partition coefficient (Wildman–Crippen LogP) is 2.67. The molecule has 0 amide bonds. The lowest BCUT2D eigenvalue weighted by molar-refractivity contribution is 0.181. The molecule has 0 atom stereocenters. The number of nitrogens with one attached hydrogen (secondary N) is 1. The van der Waals surface area contributed by atoms with Gasteiger partial charge in [0.05, 0.1) is 22.7 Å². The molecule has 0 aromatic carbocycles. The maximum atomic E-state index is 5.23. The average molecular weight is 281 g/mol. The highest BCUT2D eigenvalue weighted by Crippen LogP contribution is 2.31. The van der Waals surface area contributed by atoms with Crippen molar-refractivity contribution in [3.8, 4) is 9.88 Å². The molecule has 2 aromatic rings. The van der Waals surface area contributed by atoms with Crippen LogP contribution in [-0.4, -0.2) is 23.1 Å². The van der Waals surface area contributed by atoms with Gasteiger partial charge in [-0.2, -0.15) is 0 Å². The molecule has 2 heterocycles. The van der Waals surface area contributed by atoms with Crippen LogP contribution in [0.25, 0.3) is 9.88 Å². The number of rotatable bonds is 6. The Balaban J connectivity index is 1.80. The Morgan fingerprint density at radius 2 is 2.39 bits per heavy atom. The second kappa shape index (κ2) is 5.44. The van der Waals surface area contributed by atoms with Crippen molar-refractivity contribution in [3.05, 3.63) is 22.3 Å². The summed E-state index contributed by atoms with van der Waals surface area (Å²) in [7, 11) is 1.71. The van der Waals surface area contributed by atoms with E-state index in [1.165, 1.54) is 17.7 Å². The van der Waals surface area contributed by atoms with Crippen molar-refractivity contribution in [2.24, 2.45) is 0 Å². The molecule has 2 aromatic heterocycles. The summed E-state index contributed by atoms with van der Waals surface area (Å²) >= 11 is 3.37. The zero-order valence-electron chi connectivity index (χ0n) is 10.2. The van der Waals surface area contributed by atoms with Gasteiger partial charge in [0.25, 0.3) is 0 Å². The molecule has 0 unspecified atom stereocenters. The number of hydrogen-bond donors (Lipinski definition) is 1. The Morgan fingerprint density at radius 1 is 1.50 bits per heavy atom. The van der Waals surface area contributed by atoms with Gasteiger partial charge >= 0.3 is 0 Å². The molecule has 18 heavy (non-hydrogen) atoms. The maximum absolute atomic E-state index is 5.23. The largest absolute Gasteiger partial charge is 0.378 e. The van der Waals surface area contributed by atoms with Gasteiger partial charge in [0.1, 0.15) is 5.01 Å². The molecular weight excluding hydrogens is 266 g/mol. The molecule has 0 bridgehead atoms. The van der Waals surface area contributed by atoms with Crippen LogP contribution in [-0.2, 0) is 17.9 Å². The summed E-state index contributed by atoms with van der Waals surface area (Å²) in [5.41, 5.74) is 2.90. The van der Waals surface area contributed by atoms with Crippen molar-refractivity contribution in [1.29, 1.82) is 0 Å². The van der Waals surface area contributed by atoms with E-state index in [4.69, 9.17) is 4.74 Å². The quantitative estimate of drug-likeness (QED) is 0.884. The van der Waals surface area contributed by atoms with Crippen LogP contribution in [0.1, 0.15) is 23.4 Å². The molecule has 1 aliphatic rings. The van der Waals surface area contributed by atoms with Gasteiger partial charge in [-0.25, -0.2) is 4.98 Å². The van der Waals surface area contributed by atoms with E-state index in [9.17, 15) is 0 Å². The Kier molecular flexibility index (Phi) is 3.69. The Hall–Kier alpha value is -0.820. The fraction of sp³-hybridized carbons (Fsp3) is 0.500. The van der Waals surface area contributed by atoms with Crippen LogP contribution in [0.4, 0.5) is 0 Å². The molecule has 3 rings (SSSR count). The Bertz CT molecular complexity index is 505. The monoisotopic (exact) mass is 281 g/mol. The lowest BCUT2D eigenvalue weighted by Crippen LogP contribution is -2.15. The maximum Gasteiger partial charge on any atom is 0.135 e. The van der Waals surface area contributed by atoms with Crippen molar-refractivity contribution in [1.82, 2.24) is 15.3 Å². The van der Waals surface area contributed by atoms with Gasteiger partial charge in [0.15, 0.2) is 0 Å². The van der Waals surface area contributed by atoms with E-state index in [-0.39, 0.29) is 0 Å². The van der Waals surface area contributed by atoms with E-state index >= 15 is 0 Å². The van der Waals surface area contributed by atoms with E-state index in [2.05, 4.69) is 15.3 Å². The van der Waals surface area contributed by atoms with Gasteiger partial charge in [-0.05, 0) is 12.8 Å². The zero-order chi connectivity index (χ0) is 12.4. The molecule has 1 fully saturated rings. The van der Waals surface area contributed by atoms with E-state index in [0.29, 0.717) is 12.6 Å². The third-order valence-corrected chi connectivity index (χ3v) is 4.87. The zero-order valence-corrected chi connectivity index (χ0v) is 11.8. The number of nitrogens with zero attached hydrogens (tertiary/aromatic N) is 2. The molecule has 4 nitrogen and oxygen atoms in total. The summed E-state index contributed by atoms with van der Waals surface area (Å²) in [6, 6.07) is 0.717. The highest BCUT2D eigenvalue weighted by molar-refractivity contribution is 7.20. The third-order valence-electron chi connectivity index (χ3n) is 2.83. The molecule has 96 valence electrons. The van der Waals surface area contributed by atoms with Crippen molar-refractivity contribution in [2.45, 2.75) is 32.0 Å². The summed E-state index contributed by atoms with van der Waals surface area (Å²) in [4.78, 5) is 11.2. The lowest BCUT2D eigenvalue weighted by Gasteiger charge is -2.02. The highest BCUT2D eigenvalue weighted by atomic mass is 32.1. The lowest BCUT2D eigenvalue weighted by atomic mass is 10.3. The number of thiazole rings is 2. The Labute approximate surface area is 114 Å². The predicted molar refractivity (Wildman–Crippen MR) is 73.8 cm³/mol. The number of methoxy groups -OCH3 is 1. The second-order valence-electron chi connectivity index (χ2n) is 4.34. The van der Waals surface area contributed by atoms with Gasteiger partial charge in [-0.15, -0.1) is 22.7 Å². The average Bonchev–Trinajstić information content (AvgIpc) is 2.90. The molecule has 0 spiro atoms. The summed E-state index contributed by atoms with van der Waals surface area (Å²) in [5.74, 6) is 0. The molecule has 1 saturated carbocycles. The number of hydrogen-bond acceptors (Lipinski definition) is 6. The van der Waals surface area contributed by atoms with Crippen LogP contribution >= 0.6 is 22.7 Å². The van der Waals surface area contributed by atoms with E-state index in [1.807, 2.05) is 11.7 Å². The van der Waals surface area contributed by atoms with Crippen molar-refractivity contribution < 1.29 is 4.74 Å². The molecule has 0 radical (unpaired) electrons. The van der Waals surface area contributed by atoms with Gasteiger partial charge in [-0.3, -0.25) is 4.98 Å². The minimum atomic E-state index is 0.580. The topological polar surface area (TPSA) is 47.0 Å². The van der Waals surface area contributed by atoms with E-state index < -0.39 is 0 Å². The summed E-state index contributed by atoms with van der Waals surface area (Å²) in [5, 5.41) is 4.59. The van der Waals surface area contributed by atoms with Crippen LogP contribution in [0.3, 0.4) is 0 Å². The fourth-order valence-electron chi connectivity index (χ4n) is 1.72. The SMILES string of the molecule is COCc1nc(-c2cncs2)sc1CNC1CC1. The number of ether oxygens (including phenoxy) is 1. The normalized spacial score (nSPS) is 15.2. The molecule has 1 aliphatic carbocycles. The standard InChI is InChI=1S/C12H15N3OS2/c1-16-6-9-10(5-14-8-2-3-8)18-12(15-9)11-4-13-7-17-11/h4,7-8,14H,2-3,5-6H2,1H3. The van der Waals surface area contributed by atoms with Crippen LogP contribution < -0.4 is 5.32 Å². The first-order chi connectivity index (χ1) is 8.86. The van der Waals surface area contributed by atoms with Crippen LogP contribution in [0.5, 0.6) is 0 Å². The molecule has 0 aliphatic heterocycles. The summed E-state index contributed by atoms with van der Waals surface area (Å²) < 4.78 is 5.23. The van der Waals surface area contributed by atoms with Crippen molar-refractivity contribution in [2.75, 3.05) is 7.11 Å². The van der Waals surface area contributed by atoms with E-state index in [1.54, 1.807) is 29.8 Å².